The summed E-state index contributed by atoms with van der Waals surface area (Å²) in [6.45, 7) is 5.32. The van der Waals surface area contributed by atoms with Crippen LogP contribution in [0.3, 0.4) is 0 Å². The number of halogens is 1. The molecule has 140 valence electrons. The molecule has 0 aliphatic carbocycles. The van der Waals surface area contributed by atoms with Crippen LogP contribution in [-0.2, 0) is 0 Å². The van der Waals surface area contributed by atoms with Gasteiger partial charge in [0.05, 0.1) is 10.6 Å². The van der Waals surface area contributed by atoms with Crippen molar-refractivity contribution in [2.45, 2.75) is 20.8 Å². The Kier molecular flexibility index (Phi) is 5.29. The molecule has 9 heteroatoms. The second kappa shape index (κ2) is 7.50. The Balaban J connectivity index is 1.83. The first-order valence-electron chi connectivity index (χ1n) is 7.99. The molecule has 3 rings (SSSR count). The summed E-state index contributed by atoms with van der Waals surface area (Å²) in [4.78, 5) is 27.6. The van der Waals surface area contributed by atoms with Gasteiger partial charge in [-0.05, 0) is 39.0 Å². The number of ketones is 1. The molecular weight excluding hydrogens is 390 g/mol. The summed E-state index contributed by atoms with van der Waals surface area (Å²) >= 11 is 7.28. The van der Waals surface area contributed by atoms with E-state index in [1.54, 1.807) is 6.07 Å². The maximum Gasteiger partial charge on any atom is 0.312 e. The minimum atomic E-state index is -0.595. The van der Waals surface area contributed by atoms with Crippen molar-refractivity contribution < 1.29 is 14.5 Å². The maximum atomic E-state index is 12.6. The summed E-state index contributed by atoms with van der Waals surface area (Å²) in [5.41, 5.74) is 2.76. The lowest BCUT2D eigenvalue weighted by molar-refractivity contribution is -0.385. The first-order chi connectivity index (χ1) is 12.8. The lowest BCUT2D eigenvalue weighted by Crippen LogP contribution is -2.13. The summed E-state index contributed by atoms with van der Waals surface area (Å²) < 4.78 is 7.32. The van der Waals surface area contributed by atoms with Crippen LogP contribution in [-0.4, -0.2) is 26.9 Å². The highest BCUT2D eigenvalue weighted by molar-refractivity contribution is 7.12. The highest BCUT2D eigenvalue weighted by Gasteiger charge is 2.21. The van der Waals surface area contributed by atoms with Crippen molar-refractivity contribution in [3.63, 3.8) is 0 Å². The van der Waals surface area contributed by atoms with E-state index in [4.69, 9.17) is 16.3 Å². The zero-order chi connectivity index (χ0) is 19.7. The third-order valence-electron chi connectivity index (χ3n) is 4.01. The lowest BCUT2D eigenvalue weighted by atomic mass is 10.1. The van der Waals surface area contributed by atoms with Gasteiger partial charge in [-0.15, -0.1) is 11.3 Å². The fourth-order valence-corrected chi connectivity index (χ4v) is 3.84. The second-order valence-corrected chi connectivity index (χ2v) is 7.25. The molecule has 0 N–H and O–H groups in total. The highest BCUT2D eigenvalue weighted by Crippen LogP contribution is 2.30. The number of hydrogen-bond donors (Lipinski definition) is 0. The number of aromatic nitrogens is 2. The van der Waals surface area contributed by atoms with Gasteiger partial charge in [0.2, 0.25) is 5.78 Å². The van der Waals surface area contributed by atoms with E-state index >= 15 is 0 Å². The van der Waals surface area contributed by atoms with E-state index in [2.05, 4.69) is 4.98 Å². The van der Waals surface area contributed by atoms with Gasteiger partial charge in [0.25, 0.3) is 0 Å². The zero-order valence-corrected chi connectivity index (χ0v) is 16.4. The van der Waals surface area contributed by atoms with E-state index < -0.39 is 4.92 Å². The molecule has 0 fully saturated rings. The minimum Gasteiger partial charge on any atom is -0.478 e. The number of thiazole rings is 1. The number of benzene rings is 1. The van der Waals surface area contributed by atoms with E-state index in [0.717, 1.165) is 22.2 Å². The van der Waals surface area contributed by atoms with Crippen molar-refractivity contribution in [3.8, 4) is 10.9 Å². The van der Waals surface area contributed by atoms with Crippen LogP contribution in [0.2, 0.25) is 5.02 Å². The fourth-order valence-electron chi connectivity index (χ4n) is 2.76. The molecule has 2 heterocycles. The van der Waals surface area contributed by atoms with Gasteiger partial charge in [-0.2, -0.15) is 0 Å². The molecule has 0 bridgehead atoms. The number of ether oxygens (including phenoxy) is 1. The van der Waals surface area contributed by atoms with Crippen LogP contribution in [0.15, 0.2) is 29.6 Å². The van der Waals surface area contributed by atoms with E-state index in [0.29, 0.717) is 5.56 Å². The first kappa shape index (κ1) is 19.1. The first-order valence-corrected chi connectivity index (χ1v) is 9.25. The molecular formula is C18H16ClN3O4S. The summed E-state index contributed by atoms with van der Waals surface area (Å²) in [6, 6.07) is 5.83. The van der Waals surface area contributed by atoms with Gasteiger partial charge < -0.3 is 4.74 Å². The smallest absolute Gasteiger partial charge is 0.312 e. The monoisotopic (exact) mass is 405 g/mol. The van der Waals surface area contributed by atoms with Gasteiger partial charge in [0.15, 0.2) is 17.5 Å². The highest BCUT2D eigenvalue weighted by atomic mass is 35.5. The van der Waals surface area contributed by atoms with Gasteiger partial charge in [-0.3, -0.25) is 19.5 Å². The molecule has 0 radical (unpaired) electrons. The molecule has 0 saturated heterocycles. The summed E-state index contributed by atoms with van der Waals surface area (Å²) in [5, 5.41) is 14.1. The zero-order valence-electron chi connectivity index (χ0n) is 14.9. The average Bonchev–Trinajstić information content (AvgIpc) is 3.16. The molecule has 0 amide bonds. The number of aryl methyl sites for hydroxylation is 2. The van der Waals surface area contributed by atoms with Crippen LogP contribution in [0, 0.1) is 30.9 Å². The molecule has 1 aromatic carbocycles. The van der Waals surface area contributed by atoms with Crippen molar-refractivity contribution in [1.82, 2.24) is 9.55 Å². The standard InChI is InChI=1S/C18H16ClN3O4S/c1-10-9-27-18(20-10)21-11(2)6-14(12(21)3)16(23)8-26-17-5-4-13(19)7-15(17)22(24)25/h4-7,9H,8H2,1-3H3. The Bertz CT molecular complexity index is 1040. The number of nitro benzene ring substituents is 1. The normalized spacial score (nSPS) is 10.8. The van der Waals surface area contributed by atoms with E-state index in [1.807, 2.05) is 30.7 Å². The predicted molar refractivity (Wildman–Crippen MR) is 104 cm³/mol. The van der Waals surface area contributed by atoms with Crippen molar-refractivity contribution in [3.05, 3.63) is 67.4 Å². The number of carbonyl (C=O) groups excluding carboxylic acids is 1. The van der Waals surface area contributed by atoms with Crippen LogP contribution in [0.1, 0.15) is 27.4 Å². The molecule has 0 spiro atoms. The molecule has 3 aromatic rings. The number of nitro groups is 1. The van der Waals surface area contributed by atoms with Gasteiger partial charge in [0.1, 0.15) is 0 Å². The maximum absolute atomic E-state index is 12.6. The molecule has 2 aromatic heterocycles. The molecule has 0 aliphatic heterocycles. The molecule has 0 atom stereocenters. The third-order valence-corrected chi connectivity index (χ3v) is 5.18. The number of carbonyl (C=O) groups is 1. The van der Waals surface area contributed by atoms with Gasteiger partial charge >= 0.3 is 5.69 Å². The Hall–Kier alpha value is -2.71. The summed E-state index contributed by atoms with van der Waals surface area (Å²) in [6.07, 6.45) is 0. The molecule has 0 aliphatic rings. The van der Waals surface area contributed by atoms with Crippen molar-refractivity contribution in [2.24, 2.45) is 0 Å². The number of rotatable bonds is 6. The van der Waals surface area contributed by atoms with Gasteiger partial charge in [0, 0.05) is 33.4 Å². The Morgan fingerprint density at radius 1 is 1.33 bits per heavy atom. The third kappa shape index (κ3) is 3.86. The molecule has 0 saturated carbocycles. The van der Waals surface area contributed by atoms with E-state index in [9.17, 15) is 14.9 Å². The van der Waals surface area contributed by atoms with Crippen LogP contribution in [0.4, 0.5) is 5.69 Å². The second-order valence-electron chi connectivity index (χ2n) is 5.97. The summed E-state index contributed by atoms with van der Waals surface area (Å²) in [5.74, 6) is -0.269. The van der Waals surface area contributed by atoms with E-state index in [1.165, 1.54) is 29.5 Å². The number of hydrogen-bond acceptors (Lipinski definition) is 6. The van der Waals surface area contributed by atoms with Crippen LogP contribution in [0.25, 0.3) is 5.13 Å². The Morgan fingerprint density at radius 2 is 2.07 bits per heavy atom. The minimum absolute atomic E-state index is 0.00195. The number of Topliss-reactive ketones (excluding diaryl/α,β-unsaturated/α-hetero) is 1. The van der Waals surface area contributed by atoms with Crippen molar-refractivity contribution >= 4 is 34.4 Å². The SMILES string of the molecule is Cc1csc(-n2c(C)cc(C(=O)COc3ccc(Cl)cc3[N+](=O)[O-])c2C)n1. The van der Waals surface area contributed by atoms with Crippen LogP contribution >= 0.6 is 22.9 Å². The molecule has 27 heavy (non-hydrogen) atoms. The van der Waals surface area contributed by atoms with Crippen LogP contribution in [0.5, 0.6) is 5.75 Å². The lowest BCUT2D eigenvalue weighted by Gasteiger charge is -2.07. The van der Waals surface area contributed by atoms with Gasteiger partial charge in [-0.1, -0.05) is 11.6 Å². The topological polar surface area (TPSA) is 87.3 Å². The largest absolute Gasteiger partial charge is 0.478 e. The van der Waals surface area contributed by atoms with Crippen LogP contribution < -0.4 is 4.74 Å². The molecule has 0 unspecified atom stereocenters. The fraction of sp³-hybridized carbons (Fsp3) is 0.222. The van der Waals surface area contributed by atoms with Gasteiger partial charge in [-0.25, -0.2) is 4.98 Å². The quantitative estimate of drug-likeness (QED) is 0.337. The predicted octanol–water partition coefficient (Wildman–Crippen LogP) is 4.68. The Morgan fingerprint density at radius 3 is 2.70 bits per heavy atom. The average molecular weight is 406 g/mol. The van der Waals surface area contributed by atoms with Crippen molar-refractivity contribution in [2.75, 3.05) is 6.61 Å². The van der Waals surface area contributed by atoms with Crippen molar-refractivity contribution in [1.29, 1.82) is 0 Å². The summed E-state index contributed by atoms with van der Waals surface area (Å²) in [7, 11) is 0. The number of nitrogens with zero attached hydrogens (tertiary/aromatic N) is 3. The molecule has 7 nitrogen and oxygen atoms in total. The van der Waals surface area contributed by atoms with E-state index in [-0.39, 0.29) is 28.8 Å². The Labute approximate surface area is 164 Å².